The van der Waals surface area contributed by atoms with Crippen molar-refractivity contribution in [3.8, 4) is 0 Å². The van der Waals surface area contributed by atoms with E-state index in [1.165, 1.54) is 0 Å². The third-order valence-electron chi connectivity index (χ3n) is 4.28. The molecule has 3 amide bonds. The number of nitrogens with zero attached hydrogens (tertiary/aromatic N) is 1. The van der Waals surface area contributed by atoms with E-state index in [0.717, 1.165) is 31.6 Å². The zero-order chi connectivity index (χ0) is 17.5. The van der Waals surface area contributed by atoms with Crippen LogP contribution in [0.5, 0.6) is 0 Å². The van der Waals surface area contributed by atoms with Crippen molar-refractivity contribution in [1.82, 2.24) is 15.5 Å². The topological polar surface area (TPSA) is 73.5 Å². The van der Waals surface area contributed by atoms with E-state index < -0.39 is 0 Å². The molecule has 130 valence electrons. The second-order valence-electron chi connectivity index (χ2n) is 6.15. The van der Waals surface area contributed by atoms with Crippen molar-refractivity contribution < 1.29 is 9.59 Å². The minimum atomic E-state index is -0.241. The fourth-order valence-corrected chi connectivity index (χ4v) is 2.87. The number of carbonyl (C=O) groups is 2. The predicted octanol–water partition coefficient (Wildman–Crippen LogP) is 1.98. The summed E-state index contributed by atoms with van der Waals surface area (Å²) < 4.78 is 0. The molecule has 0 spiro atoms. The highest BCUT2D eigenvalue weighted by Gasteiger charge is 2.21. The number of anilines is 1. The van der Waals surface area contributed by atoms with Crippen LogP contribution in [-0.2, 0) is 0 Å². The molecule has 1 heterocycles. The summed E-state index contributed by atoms with van der Waals surface area (Å²) >= 11 is 0. The number of amides is 3. The van der Waals surface area contributed by atoms with Crippen LogP contribution in [0.25, 0.3) is 0 Å². The molecule has 0 unspecified atom stereocenters. The van der Waals surface area contributed by atoms with Gasteiger partial charge in [-0.1, -0.05) is 12.1 Å². The van der Waals surface area contributed by atoms with Gasteiger partial charge in [0.05, 0.1) is 0 Å². The number of likely N-dealkylation sites (tertiary alicyclic amines) is 1. The van der Waals surface area contributed by atoms with Crippen molar-refractivity contribution in [2.24, 2.45) is 5.92 Å². The van der Waals surface area contributed by atoms with E-state index in [0.29, 0.717) is 23.7 Å². The fraction of sp³-hybridized carbons (Fsp3) is 0.444. The van der Waals surface area contributed by atoms with E-state index in [1.54, 1.807) is 19.2 Å². The Labute approximate surface area is 143 Å². The molecule has 0 radical (unpaired) electrons. The number of benzene rings is 1. The van der Waals surface area contributed by atoms with Gasteiger partial charge in [0.25, 0.3) is 5.91 Å². The monoisotopic (exact) mass is 330 g/mol. The van der Waals surface area contributed by atoms with E-state index in [9.17, 15) is 9.59 Å². The summed E-state index contributed by atoms with van der Waals surface area (Å²) in [5.41, 5.74) is 2.08. The lowest BCUT2D eigenvalue weighted by Gasteiger charge is -2.15. The minimum absolute atomic E-state index is 0.174. The van der Waals surface area contributed by atoms with Gasteiger partial charge in [0.1, 0.15) is 0 Å². The lowest BCUT2D eigenvalue weighted by molar-refractivity contribution is 0.0963. The molecular weight excluding hydrogens is 304 g/mol. The van der Waals surface area contributed by atoms with Gasteiger partial charge in [0, 0.05) is 37.9 Å². The summed E-state index contributed by atoms with van der Waals surface area (Å²) in [5.74, 6) is 0.292. The molecule has 1 aliphatic rings. The Morgan fingerprint density at radius 2 is 2.21 bits per heavy atom. The number of nitrogens with one attached hydrogen (secondary N) is 3. The third kappa shape index (κ3) is 4.83. The van der Waals surface area contributed by atoms with Gasteiger partial charge >= 0.3 is 6.03 Å². The van der Waals surface area contributed by atoms with E-state index >= 15 is 0 Å². The molecule has 0 saturated carbocycles. The number of hydrogen-bond donors (Lipinski definition) is 3. The molecule has 0 bridgehead atoms. The summed E-state index contributed by atoms with van der Waals surface area (Å²) in [6.07, 6.45) is 2.99. The molecule has 1 atom stereocenters. The summed E-state index contributed by atoms with van der Waals surface area (Å²) in [5, 5.41) is 8.33. The maximum Gasteiger partial charge on any atom is 0.319 e. The summed E-state index contributed by atoms with van der Waals surface area (Å²) in [7, 11) is 1.58. The Balaban J connectivity index is 1.86. The number of hydrogen-bond acceptors (Lipinski definition) is 3. The quantitative estimate of drug-likeness (QED) is 0.698. The van der Waals surface area contributed by atoms with Crippen LogP contribution in [0.1, 0.15) is 22.3 Å². The first-order valence-electron chi connectivity index (χ1n) is 8.24. The third-order valence-corrected chi connectivity index (χ3v) is 4.28. The standard InChI is InChI=1S/C18H26N4O2/c1-4-8-22-9-7-14(12-22)11-20-18(24)21-16-10-15(17(23)19-3)6-5-13(16)2/h4-6,10,14H,1,7-9,11-12H2,2-3H3,(H,19,23)(H2,20,21,24)/t14-/m1/s1. The van der Waals surface area contributed by atoms with Crippen LogP contribution < -0.4 is 16.0 Å². The second kappa shape index (κ2) is 8.49. The van der Waals surface area contributed by atoms with Crippen LogP contribution in [0.3, 0.4) is 0 Å². The van der Waals surface area contributed by atoms with Crippen LogP contribution in [0.4, 0.5) is 10.5 Å². The SMILES string of the molecule is C=CCN1CC[C@H](CNC(=O)Nc2cc(C(=O)NC)ccc2C)C1. The number of aryl methyl sites for hydroxylation is 1. The summed E-state index contributed by atoms with van der Waals surface area (Å²) in [6, 6.07) is 5.01. The van der Waals surface area contributed by atoms with E-state index in [2.05, 4.69) is 27.4 Å². The van der Waals surface area contributed by atoms with Crippen LogP contribution in [-0.4, -0.2) is 50.1 Å². The van der Waals surface area contributed by atoms with Crippen molar-refractivity contribution in [1.29, 1.82) is 0 Å². The van der Waals surface area contributed by atoms with Gasteiger partial charge in [-0.3, -0.25) is 9.69 Å². The van der Waals surface area contributed by atoms with Gasteiger partial charge in [0.2, 0.25) is 0 Å². The van der Waals surface area contributed by atoms with Gasteiger partial charge in [0.15, 0.2) is 0 Å². The van der Waals surface area contributed by atoms with Gasteiger partial charge in [-0.25, -0.2) is 4.79 Å². The average molecular weight is 330 g/mol. The van der Waals surface area contributed by atoms with Crippen LogP contribution in [0.15, 0.2) is 30.9 Å². The minimum Gasteiger partial charge on any atom is -0.355 e. The Hall–Kier alpha value is -2.34. The van der Waals surface area contributed by atoms with Gasteiger partial charge in [-0.05, 0) is 43.5 Å². The number of rotatable bonds is 6. The van der Waals surface area contributed by atoms with Crippen LogP contribution in [0.2, 0.25) is 0 Å². The Bertz CT molecular complexity index is 615. The molecule has 1 saturated heterocycles. The molecule has 3 N–H and O–H groups in total. The van der Waals surface area contributed by atoms with Crippen LogP contribution >= 0.6 is 0 Å². The molecule has 2 rings (SSSR count). The molecule has 6 nitrogen and oxygen atoms in total. The Morgan fingerprint density at radius 1 is 1.42 bits per heavy atom. The first-order valence-corrected chi connectivity index (χ1v) is 8.24. The van der Waals surface area contributed by atoms with Crippen molar-refractivity contribution in [2.75, 3.05) is 38.5 Å². The fourth-order valence-electron chi connectivity index (χ4n) is 2.87. The molecule has 1 aromatic rings. The lowest BCUT2D eigenvalue weighted by atomic mass is 10.1. The first-order chi connectivity index (χ1) is 11.5. The van der Waals surface area contributed by atoms with Gasteiger partial charge < -0.3 is 16.0 Å². The molecule has 0 aliphatic carbocycles. The number of urea groups is 1. The molecule has 1 aliphatic heterocycles. The first kappa shape index (κ1) is 18.0. The molecule has 0 aromatic heterocycles. The largest absolute Gasteiger partial charge is 0.355 e. The molecule has 6 heteroatoms. The van der Waals surface area contributed by atoms with Gasteiger partial charge in [-0.15, -0.1) is 6.58 Å². The molecule has 24 heavy (non-hydrogen) atoms. The zero-order valence-corrected chi connectivity index (χ0v) is 14.4. The Kier molecular flexibility index (Phi) is 6.37. The predicted molar refractivity (Wildman–Crippen MR) is 96.3 cm³/mol. The zero-order valence-electron chi connectivity index (χ0n) is 14.4. The van der Waals surface area contributed by atoms with Crippen molar-refractivity contribution in [2.45, 2.75) is 13.3 Å². The summed E-state index contributed by atoms with van der Waals surface area (Å²) in [4.78, 5) is 26.1. The van der Waals surface area contributed by atoms with E-state index in [1.807, 2.05) is 19.1 Å². The van der Waals surface area contributed by atoms with Gasteiger partial charge in [-0.2, -0.15) is 0 Å². The molecular formula is C18H26N4O2. The van der Waals surface area contributed by atoms with Crippen molar-refractivity contribution in [3.63, 3.8) is 0 Å². The number of carbonyl (C=O) groups excluding carboxylic acids is 2. The highest BCUT2D eigenvalue weighted by atomic mass is 16.2. The average Bonchev–Trinajstić information content (AvgIpc) is 3.02. The maximum absolute atomic E-state index is 12.1. The van der Waals surface area contributed by atoms with Crippen molar-refractivity contribution >= 4 is 17.6 Å². The lowest BCUT2D eigenvalue weighted by Crippen LogP contribution is -2.34. The van der Waals surface area contributed by atoms with Crippen molar-refractivity contribution in [3.05, 3.63) is 42.0 Å². The van der Waals surface area contributed by atoms with Crippen LogP contribution in [0, 0.1) is 12.8 Å². The highest BCUT2D eigenvalue weighted by molar-refractivity contribution is 5.97. The summed E-state index contributed by atoms with van der Waals surface area (Å²) in [6.45, 7) is 9.23. The molecule has 1 aromatic carbocycles. The normalized spacial score (nSPS) is 17.3. The van der Waals surface area contributed by atoms with E-state index in [4.69, 9.17) is 0 Å². The second-order valence-corrected chi connectivity index (χ2v) is 6.15. The maximum atomic E-state index is 12.1. The smallest absolute Gasteiger partial charge is 0.319 e. The molecule has 1 fully saturated rings. The Morgan fingerprint density at radius 3 is 2.92 bits per heavy atom. The highest BCUT2D eigenvalue weighted by Crippen LogP contribution is 2.17. The van der Waals surface area contributed by atoms with E-state index in [-0.39, 0.29) is 11.9 Å².